The van der Waals surface area contributed by atoms with E-state index in [1.807, 2.05) is 0 Å². The van der Waals surface area contributed by atoms with Crippen LogP contribution in [0.1, 0.15) is 67.4 Å². The number of primary amides is 1. The Kier molecular flexibility index (Phi) is 22.6. The third-order valence-electron chi connectivity index (χ3n) is 8.65. The van der Waals surface area contributed by atoms with E-state index in [0.29, 0.717) is 49.5 Å². The van der Waals surface area contributed by atoms with Crippen LogP contribution in [0.15, 0.2) is 28.3 Å². The molecule has 2 rings (SSSR count). The molecule has 0 unspecified atom stereocenters. The molecule has 0 saturated carbocycles. The number of aliphatic imine (C=N–C) groups is 2. The maximum absolute atomic E-state index is 13.5. The minimum atomic E-state index is -1.26. The van der Waals surface area contributed by atoms with Crippen LogP contribution in [0, 0.1) is 0 Å². The largest absolute Gasteiger partial charge is 0.480 e. The van der Waals surface area contributed by atoms with E-state index in [9.17, 15) is 43.5 Å². The van der Waals surface area contributed by atoms with E-state index in [1.165, 1.54) is 30.1 Å². The molecule has 19 N–H and O–H groups in total. The number of aromatic nitrogens is 1. The molecule has 0 radical (unpaired) electrons. The molecule has 0 spiro atoms. The third kappa shape index (κ3) is 18.8. The van der Waals surface area contributed by atoms with E-state index in [-0.39, 0.29) is 56.0 Å². The number of hydrogen-bond acceptors (Lipinski definition) is 15. The lowest BCUT2D eigenvalue weighted by Crippen LogP contribution is -2.56. The highest BCUT2D eigenvalue weighted by atomic mass is 32.2. The molecule has 60 heavy (non-hydrogen) atoms. The molecule has 0 aromatic carbocycles. The Morgan fingerprint density at radius 1 is 0.800 bits per heavy atom. The second kappa shape index (κ2) is 27.0. The molecule has 25 heteroatoms. The highest BCUT2D eigenvalue weighted by Crippen LogP contribution is 2.23. The Hall–Kier alpha value is -5.92. The van der Waals surface area contributed by atoms with Gasteiger partial charge in [0, 0.05) is 30.6 Å². The molecule has 0 aliphatic carbocycles. The van der Waals surface area contributed by atoms with Gasteiger partial charge in [-0.3, -0.25) is 48.5 Å². The summed E-state index contributed by atoms with van der Waals surface area (Å²) < 4.78 is 0. The lowest BCUT2D eigenvalue weighted by Gasteiger charge is -2.24. The standard InChI is InChI=1S/C35H57N15O9S/c36-10-3-1-6-21(31(56)48-22(8-5-12-43-35(40)41)32(57)49-23(34(58)59)7-2-4-11-37)47-27(52)17-44-26(51)16-46-30(55)25-18-60-33(50-25)24-14-19(9-13-42-24)29(54)45-15-20(38)28(39)53/h9,13-14,20-23,25H,1-8,10-12,15-18,36-38H2,(H2,39,53)(H,44,51)(H,45,54)(H,46,55)(H,47,52)(H,48,56)(H,49,57)(H,58,59)(H4,40,41,43)/t20-,21-,22-,23-,25+/m0/s1. The fourth-order valence-electron chi connectivity index (χ4n) is 5.34. The predicted octanol–water partition coefficient (Wildman–Crippen LogP) is -5.43. The summed E-state index contributed by atoms with van der Waals surface area (Å²) >= 11 is 1.21. The second-order valence-corrected chi connectivity index (χ2v) is 14.5. The van der Waals surface area contributed by atoms with E-state index in [4.69, 9.17) is 34.4 Å². The van der Waals surface area contributed by atoms with Gasteiger partial charge in [0.1, 0.15) is 35.3 Å². The predicted molar refractivity (Wildman–Crippen MR) is 222 cm³/mol. The number of hydrogen-bond donors (Lipinski definition) is 13. The maximum Gasteiger partial charge on any atom is 0.326 e. The van der Waals surface area contributed by atoms with E-state index in [1.54, 1.807) is 0 Å². The minimum absolute atomic E-state index is 0.0282. The second-order valence-electron chi connectivity index (χ2n) is 13.5. The fraction of sp³-hybridized carbons (Fsp3) is 0.571. The zero-order valence-electron chi connectivity index (χ0n) is 33.2. The Labute approximate surface area is 350 Å². The number of carboxylic acids is 1. The zero-order chi connectivity index (χ0) is 44.6. The number of carboxylic acid groups (broad SMARTS) is 1. The number of carbonyl (C=O) groups excluding carboxylic acids is 7. The first-order valence-corrected chi connectivity index (χ1v) is 20.2. The molecule has 0 saturated heterocycles. The Morgan fingerprint density at radius 2 is 1.40 bits per heavy atom. The molecule has 1 aromatic rings. The Balaban J connectivity index is 1.98. The molecule has 7 amide bonds. The number of unbranched alkanes of at least 4 members (excludes halogenated alkanes) is 2. The molecule has 2 heterocycles. The van der Waals surface area contributed by atoms with Crippen LogP contribution >= 0.6 is 11.8 Å². The van der Waals surface area contributed by atoms with Crippen molar-refractivity contribution in [3.8, 4) is 0 Å². The van der Waals surface area contributed by atoms with Crippen molar-refractivity contribution in [1.82, 2.24) is 36.9 Å². The summed E-state index contributed by atoms with van der Waals surface area (Å²) in [6.45, 7) is -0.451. The zero-order valence-corrected chi connectivity index (χ0v) is 34.0. The van der Waals surface area contributed by atoms with Gasteiger partial charge in [-0.05, 0) is 76.6 Å². The molecule has 1 aliphatic rings. The maximum atomic E-state index is 13.5. The number of nitrogens with one attached hydrogen (secondary N) is 6. The van der Waals surface area contributed by atoms with Crippen molar-refractivity contribution in [3.63, 3.8) is 0 Å². The molecule has 5 atom stereocenters. The van der Waals surface area contributed by atoms with Crippen LogP contribution in [-0.2, 0) is 33.6 Å². The van der Waals surface area contributed by atoms with Gasteiger partial charge in [0.2, 0.25) is 35.4 Å². The van der Waals surface area contributed by atoms with Crippen LogP contribution in [0.2, 0.25) is 0 Å². The molecule has 24 nitrogen and oxygen atoms in total. The summed E-state index contributed by atoms with van der Waals surface area (Å²) in [5.74, 6) is -6.05. The smallest absolute Gasteiger partial charge is 0.326 e. The number of aliphatic carboxylic acids is 1. The summed E-state index contributed by atoms with van der Waals surface area (Å²) in [6.07, 6.45) is 3.82. The summed E-state index contributed by atoms with van der Waals surface area (Å²) in [5, 5.41) is 25.0. The lowest BCUT2D eigenvalue weighted by molar-refractivity contribution is -0.142. The molecule has 0 fully saturated rings. The van der Waals surface area contributed by atoms with Gasteiger partial charge in [0.15, 0.2) is 5.96 Å². The number of pyridine rings is 1. The molecule has 332 valence electrons. The van der Waals surface area contributed by atoms with Gasteiger partial charge >= 0.3 is 5.97 Å². The lowest BCUT2D eigenvalue weighted by atomic mass is 10.0. The van der Waals surface area contributed by atoms with Gasteiger partial charge < -0.3 is 71.4 Å². The number of nitrogens with two attached hydrogens (primary N) is 6. The van der Waals surface area contributed by atoms with Gasteiger partial charge in [0.25, 0.3) is 5.91 Å². The number of amides is 7. The average molecular weight is 864 g/mol. The van der Waals surface area contributed by atoms with E-state index < -0.39 is 90.6 Å². The van der Waals surface area contributed by atoms with Gasteiger partial charge in [-0.1, -0.05) is 0 Å². The van der Waals surface area contributed by atoms with Gasteiger partial charge in [-0.25, -0.2) is 4.79 Å². The van der Waals surface area contributed by atoms with Crippen LogP contribution in [0.25, 0.3) is 0 Å². The molecule has 1 aliphatic heterocycles. The van der Waals surface area contributed by atoms with Crippen LogP contribution < -0.4 is 66.3 Å². The van der Waals surface area contributed by atoms with Crippen molar-refractivity contribution in [2.75, 3.05) is 45.0 Å². The van der Waals surface area contributed by atoms with Gasteiger partial charge in [-0.2, -0.15) is 0 Å². The quantitative estimate of drug-likeness (QED) is 0.0212. The summed E-state index contributed by atoms with van der Waals surface area (Å²) in [4.78, 5) is 113. The van der Waals surface area contributed by atoms with E-state index >= 15 is 0 Å². The number of thioether (sulfide) groups is 1. The topological polar surface area (TPSA) is 423 Å². The monoisotopic (exact) mass is 863 g/mol. The van der Waals surface area contributed by atoms with E-state index in [0.717, 1.165) is 0 Å². The normalized spacial score (nSPS) is 15.2. The molecule has 0 bridgehead atoms. The van der Waals surface area contributed by atoms with Gasteiger partial charge in [-0.15, -0.1) is 11.8 Å². The fourth-order valence-corrected chi connectivity index (χ4v) is 6.35. The number of nitrogens with zero attached hydrogens (tertiary/aromatic N) is 3. The van der Waals surface area contributed by atoms with Gasteiger partial charge in [0.05, 0.1) is 18.8 Å². The average Bonchev–Trinajstić information content (AvgIpc) is 3.72. The summed E-state index contributed by atoms with van der Waals surface area (Å²) in [5.41, 5.74) is 33.1. The number of carbonyl (C=O) groups is 8. The van der Waals surface area contributed by atoms with Crippen molar-refractivity contribution in [2.45, 2.75) is 81.6 Å². The van der Waals surface area contributed by atoms with E-state index in [2.05, 4.69) is 46.9 Å². The third-order valence-corrected chi connectivity index (χ3v) is 9.72. The van der Waals surface area contributed by atoms with Crippen LogP contribution in [0.5, 0.6) is 0 Å². The first kappa shape index (κ1) is 50.2. The molecular formula is C35H57N15O9S. The highest BCUT2D eigenvalue weighted by Gasteiger charge is 2.30. The number of guanidine groups is 1. The van der Waals surface area contributed by atoms with Crippen LogP contribution in [-0.4, -0.2) is 144 Å². The van der Waals surface area contributed by atoms with Crippen molar-refractivity contribution in [2.24, 2.45) is 44.4 Å². The highest BCUT2D eigenvalue weighted by molar-refractivity contribution is 8.14. The minimum Gasteiger partial charge on any atom is -0.480 e. The SMILES string of the molecule is NCCCC[C@H](NC(=O)[C@H](CCCN=C(N)N)NC(=O)[C@H](CCCCN)NC(=O)CNC(=O)CNC(=O)[C@H]1CSC(c2cc(C(=O)NC[C@H](N)C(N)=O)ccn2)=N1)C(=O)O. The summed E-state index contributed by atoms with van der Waals surface area (Å²) in [7, 11) is 0. The summed E-state index contributed by atoms with van der Waals surface area (Å²) in [6, 6.07) is -2.66. The van der Waals surface area contributed by atoms with Crippen molar-refractivity contribution in [1.29, 1.82) is 0 Å². The van der Waals surface area contributed by atoms with Crippen LogP contribution in [0.3, 0.4) is 0 Å². The number of rotatable bonds is 28. The molecular weight excluding hydrogens is 807 g/mol. The Morgan fingerprint density at radius 3 is 2.02 bits per heavy atom. The van der Waals surface area contributed by atoms with Crippen molar-refractivity contribution < 1.29 is 43.5 Å². The van der Waals surface area contributed by atoms with Crippen molar-refractivity contribution in [3.05, 3.63) is 29.6 Å². The first-order chi connectivity index (χ1) is 28.6. The Bertz CT molecular complexity index is 1730. The molecule has 1 aromatic heterocycles. The van der Waals surface area contributed by atoms with Crippen LogP contribution in [0.4, 0.5) is 0 Å². The van der Waals surface area contributed by atoms with Crippen molar-refractivity contribution >= 4 is 70.1 Å². The first-order valence-electron chi connectivity index (χ1n) is 19.2.